The summed E-state index contributed by atoms with van der Waals surface area (Å²) in [6.07, 6.45) is 0. The van der Waals surface area contributed by atoms with Crippen molar-refractivity contribution < 1.29 is 14.3 Å². The quantitative estimate of drug-likeness (QED) is 0.479. The van der Waals surface area contributed by atoms with Gasteiger partial charge < -0.3 is 10.1 Å². The third-order valence-corrected chi connectivity index (χ3v) is 5.91. The molecule has 5 heteroatoms. The molecule has 1 aliphatic heterocycles. The third kappa shape index (κ3) is 3.28. The van der Waals surface area contributed by atoms with Gasteiger partial charge in [0.2, 0.25) is 0 Å². The lowest BCUT2D eigenvalue weighted by Gasteiger charge is -2.24. The van der Waals surface area contributed by atoms with E-state index in [1.807, 2.05) is 84.9 Å². The van der Waals surface area contributed by atoms with E-state index in [1.54, 1.807) is 6.92 Å². The highest BCUT2D eigenvalue weighted by molar-refractivity contribution is 6.09. The maximum absolute atomic E-state index is 13.3. The van der Waals surface area contributed by atoms with E-state index in [0.717, 1.165) is 27.1 Å². The molecule has 31 heavy (non-hydrogen) atoms. The molecule has 5 nitrogen and oxygen atoms in total. The highest BCUT2D eigenvalue weighted by Gasteiger charge is 2.49. The number of fused-ring (bicyclic) bond motifs is 2. The van der Waals surface area contributed by atoms with Crippen LogP contribution in [0.15, 0.2) is 84.9 Å². The molecule has 1 atom stereocenters. The summed E-state index contributed by atoms with van der Waals surface area (Å²) in [5.74, 6) is 0.443. The number of rotatable bonds is 5. The summed E-state index contributed by atoms with van der Waals surface area (Å²) < 4.78 is 5.84. The van der Waals surface area contributed by atoms with Gasteiger partial charge in [-0.3, -0.25) is 9.69 Å². The Morgan fingerprint density at radius 2 is 1.55 bits per heavy atom. The summed E-state index contributed by atoms with van der Waals surface area (Å²) in [6.45, 7) is 2.17. The van der Waals surface area contributed by atoms with Gasteiger partial charge in [0.25, 0.3) is 5.91 Å². The number of carbonyl (C=O) groups is 2. The van der Waals surface area contributed by atoms with Gasteiger partial charge in [0, 0.05) is 0 Å². The van der Waals surface area contributed by atoms with Gasteiger partial charge in [-0.05, 0) is 46.2 Å². The topological polar surface area (TPSA) is 58.6 Å². The fourth-order valence-corrected chi connectivity index (χ4v) is 4.26. The molecule has 3 amide bonds. The van der Waals surface area contributed by atoms with Crippen LogP contribution in [0, 0.1) is 0 Å². The first-order valence-electron chi connectivity index (χ1n) is 10.3. The fraction of sp³-hybridized carbons (Fsp3) is 0.154. The Kier molecular flexibility index (Phi) is 4.59. The summed E-state index contributed by atoms with van der Waals surface area (Å²) in [5, 5.41) is 7.09. The third-order valence-electron chi connectivity index (χ3n) is 5.91. The van der Waals surface area contributed by atoms with Crippen molar-refractivity contribution >= 4 is 33.5 Å². The van der Waals surface area contributed by atoms with E-state index < -0.39 is 11.6 Å². The Hall–Kier alpha value is -3.86. The number of imide groups is 1. The lowest BCUT2D eigenvalue weighted by molar-refractivity contribution is -0.131. The van der Waals surface area contributed by atoms with Crippen molar-refractivity contribution in [1.29, 1.82) is 0 Å². The zero-order chi connectivity index (χ0) is 21.4. The molecule has 5 rings (SSSR count). The van der Waals surface area contributed by atoms with E-state index in [2.05, 4.69) is 5.32 Å². The predicted molar refractivity (Wildman–Crippen MR) is 121 cm³/mol. The smallest absolute Gasteiger partial charge is 0.325 e. The van der Waals surface area contributed by atoms with Gasteiger partial charge >= 0.3 is 6.03 Å². The number of nitrogens with one attached hydrogen (secondary N) is 1. The summed E-state index contributed by atoms with van der Waals surface area (Å²) in [7, 11) is 0. The van der Waals surface area contributed by atoms with Crippen LogP contribution in [0.5, 0.6) is 5.75 Å². The molecule has 0 aliphatic carbocycles. The number of ether oxygens (including phenoxy) is 1. The number of benzene rings is 4. The minimum atomic E-state index is -1.11. The number of hydrogen-bond acceptors (Lipinski definition) is 3. The molecule has 0 radical (unpaired) electrons. The van der Waals surface area contributed by atoms with Crippen molar-refractivity contribution in [3.8, 4) is 5.75 Å². The molecular weight excluding hydrogens is 388 g/mol. The molecule has 0 saturated carbocycles. The van der Waals surface area contributed by atoms with E-state index in [-0.39, 0.29) is 19.1 Å². The Balaban J connectivity index is 1.34. The van der Waals surface area contributed by atoms with Crippen LogP contribution in [0.25, 0.3) is 21.5 Å². The predicted octanol–water partition coefficient (Wildman–Crippen LogP) is 4.84. The van der Waals surface area contributed by atoms with Gasteiger partial charge in [-0.15, -0.1) is 0 Å². The van der Waals surface area contributed by atoms with Gasteiger partial charge in [0.15, 0.2) is 0 Å². The van der Waals surface area contributed by atoms with Gasteiger partial charge in [-0.2, -0.15) is 0 Å². The van der Waals surface area contributed by atoms with Crippen molar-refractivity contribution in [2.45, 2.75) is 12.5 Å². The summed E-state index contributed by atoms with van der Waals surface area (Å²) in [6, 6.07) is 27.2. The van der Waals surface area contributed by atoms with Crippen molar-refractivity contribution in [1.82, 2.24) is 10.2 Å². The first kappa shape index (κ1) is 19.1. The van der Waals surface area contributed by atoms with Gasteiger partial charge in [-0.1, -0.05) is 72.8 Å². The molecule has 1 heterocycles. The number of urea groups is 1. The second-order valence-corrected chi connectivity index (χ2v) is 7.90. The van der Waals surface area contributed by atoms with E-state index in [9.17, 15) is 9.59 Å². The zero-order valence-corrected chi connectivity index (χ0v) is 17.2. The van der Waals surface area contributed by atoms with Crippen molar-refractivity contribution in [2.75, 3.05) is 13.2 Å². The van der Waals surface area contributed by atoms with Crippen LogP contribution in [0.3, 0.4) is 0 Å². The van der Waals surface area contributed by atoms with Gasteiger partial charge in [-0.25, -0.2) is 4.79 Å². The van der Waals surface area contributed by atoms with E-state index in [0.29, 0.717) is 5.75 Å². The van der Waals surface area contributed by atoms with Crippen LogP contribution in [0.4, 0.5) is 4.79 Å². The standard InChI is InChI=1S/C26H22N2O3/c1-26(23-12-6-10-19-8-4-5-11-22(19)23)24(29)28(25(30)27-26)15-16-31-21-14-13-18-7-2-3-9-20(18)17-21/h2-14,17H,15-16H2,1H3,(H,27,30). The highest BCUT2D eigenvalue weighted by Crippen LogP contribution is 2.33. The van der Waals surface area contributed by atoms with Crippen molar-refractivity contribution in [3.05, 3.63) is 90.5 Å². The molecule has 1 saturated heterocycles. The van der Waals surface area contributed by atoms with Crippen LogP contribution in [-0.4, -0.2) is 30.0 Å². The van der Waals surface area contributed by atoms with Gasteiger partial charge in [0.1, 0.15) is 17.9 Å². The molecular formula is C26H22N2O3. The molecule has 154 valence electrons. The molecule has 1 N–H and O–H groups in total. The summed E-state index contributed by atoms with van der Waals surface area (Å²) in [4.78, 5) is 27.2. The fourth-order valence-electron chi connectivity index (χ4n) is 4.26. The van der Waals surface area contributed by atoms with Crippen LogP contribution in [-0.2, 0) is 10.3 Å². The van der Waals surface area contributed by atoms with E-state index in [4.69, 9.17) is 4.74 Å². The number of amides is 3. The Bertz CT molecular complexity index is 1310. The molecule has 0 spiro atoms. The maximum Gasteiger partial charge on any atom is 0.325 e. The largest absolute Gasteiger partial charge is 0.492 e. The molecule has 0 aromatic heterocycles. The SMILES string of the molecule is CC1(c2cccc3ccccc23)NC(=O)N(CCOc2ccc3ccccc3c2)C1=O. The lowest BCUT2D eigenvalue weighted by atomic mass is 9.88. The molecule has 1 fully saturated rings. The molecule has 1 unspecified atom stereocenters. The summed E-state index contributed by atoms with van der Waals surface area (Å²) >= 11 is 0. The minimum Gasteiger partial charge on any atom is -0.492 e. The average molecular weight is 410 g/mol. The molecule has 1 aliphatic rings. The van der Waals surface area contributed by atoms with Crippen LogP contribution in [0.2, 0.25) is 0 Å². The minimum absolute atomic E-state index is 0.178. The number of hydrogen-bond donors (Lipinski definition) is 1. The van der Waals surface area contributed by atoms with E-state index in [1.165, 1.54) is 4.90 Å². The Labute approximate surface area is 180 Å². The van der Waals surface area contributed by atoms with Crippen molar-refractivity contribution in [2.24, 2.45) is 0 Å². The van der Waals surface area contributed by atoms with Crippen LogP contribution >= 0.6 is 0 Å². The monoisotopic (exact) mass is 410 g/mol. The number of nitrogens with zero attached hydrogens (tertiary/aromatic N) is 1. The Morgan fingerprint density at radius 1 is 0.839 bits per heavy atom. The number of carbonyl (C=O) groups excluding carboxylic acids is 2. The Morgan fingerprint density at radius 3 is 2.39 bits per heavy atom. The second kappa shape index (κ2) is 7.43. The molecule has 0 bridgehead atoms. The normalized spacial score (nSPS) is 18.5. The first-order valence-corrected chi connectivity index (χ1v) is 10.3. The highest BCUT2D eigenvalue weighted by atomic mass is 16.5. The lowest BCUT2D eigenvalue weighted by Crippen LogP contribution is -2.41. The van der Waals surface area contributed by atoms with E-state index >= 15 is 0 Å². The van der Waals surface area contributed by atoms with Crippen molar-refractivity contribution in [3.63, 3.8) is 0 Å². The molecule has 4 aromatic carbocycles. The molecule has 4 aromatic rings. The summed E-state index contributed by atoms with van der Waals surface area (Å²) in [5.41, 5.74) is -0.317. The maximum atomic E-state index is 13.3. The average Bonchev–Trinajstić information content (AvgIpc) is 3.02. The van der Waals surface area contributed by atoms with Gasteiger partial charge in [0.05, 0.1) is 6.54 Å². The zero-order valence-electron chi connectivity index (χ0n) is 17.2. The first-order chi connectivity index (χ1) is 15.1. The second-order valence-electron chi connectivity index (χ2n) is 7.90. The van der Waals surface area contributed by atoms with Crippen LogP contribution in [0.1, 0.15) is 12.5 Å². The van der Waals surface area contributed by atoms with Crippen LogP contribution < -0.4 is 10.1 Å².